The van der Waals surface area contributed by atoms with Crippen molar-refractivity contribution in [2.24, 2.45) is 5.73 Å². The summed E-state index contributed by atoms with van der Waals surface area (Å²) in [4.78, 5) is 0. The van der Waals surface area contributed by atoms with Crippen LogP contribution in [0.15, 0.2) is 47.8 Å². The number of ether oxygens (including phenoxy) is 1. The zero-order chi connectivity index (χ0) is 14.8. The highest BCUT2D eigenvalue weighted by Gasteiger charge is 2.10. The molecular formula is C18H19NOS. The van der Waals surface area contributed by atoms with E-state index in [0.717, 1.165) is 11.3 Å². The van der Waals surface area contributed by atoms with E-state index in [9.17, 15) is 0 Å². The summed E-state index contributed by atoms with van der Waals surface area (Å²) in [5, 5.41) is 3.45. The maximum absolute atomic E-state index is 6.06. The highest BCUT2D eigenvalue weighted by atomic mass is 32.1. The summed E-state index contributed by atoms with van der Waals surface area (Å²) in [5.41, 5.74) is 9.50. The molecule has 1 atom stereocenters. The van der Waals surface area contributed by atoms with Gasteiger partial charge in [-0.3, -0.25) is 0 Å². The second-order valence-corrected chi connectivity index (χ2v) is 6.29. The molecule has 1 aromatic heterocycles. The van der Waals surface area contributed by atoms with Crippen LogP contribution in [0, 0.1) is 6.92 Å². The molecule has 0 saturated carbocycles. The van der Waals surface area contributed by atoms with Crippen LogP contribution in [0.5, 0.6) is 5.75 Å². The Morgan fingerprint density at radius 3 is 2.81 bits per heavy atom. The smallest absolute Gasteiger partial charge is 0.124 e. The van der Waals surface area contributed by atoms with Gasteiger partial charge in [0.2, 0.25) is 0 Å². The highest BCUT2D eigenvalue weighted by molar-refractivity contribution is 7.17. The predicted molar refractivity (Wildman–Crippen MR) is 89.9 cm³/mol. The molecule has 0 amide bonds. The van der Waals surface area contributed by atoms with Gasteiger partial charge in [-0.05, 0) is 42.3 Å². The van der Waals surface area contributed by atoms with Gasteiger partial charge in [0.05, 0.1) is 0 Å². The largest absolute Gasteiger partial charge is 0.488 e. The number of aryl methyl sites for hydroxylation is 1. The van der Waals surface area contributed by atoms with Gasteiger partial charge in [-0.15, -0.1) is 11.3 Å². The molecule has 2 N–H and O–H groups in total. The van der Waals surface area contributed by atoms with Crippen LogP contribution in [-0.4, -0.2) is 0 Å². The number of thiophene rings is 1. The molecule has 2 aromatic carbocycles. The van der Waals surface area contributed by atoms with E-state index < -0.39 is 0 Å². The fourth-order valence-corrected chi connectivity index (χ4v) is 3.39. The average molecular weight is 297 g/mol. The lowest BCUT2D eigenvalue weighted by Crippen LogP contribution is -2.08. The average Bonchev–Trinajstić information content (AvgIpc) is 2.88. The molecule has 0 aliphatic heterocycles. The first-order valence-electron chi connectivity index (χ1n) is 7.09. The van der Waals surface area contributed by atoms with Crippen LogP contribution in [0.2, 0.25) is 0 Å². The van der Waals surface area contributed by atoms with Crippen LogP contribution >= 0.6 is 11.3 Å². The molecule has 1 unspecified atom stereocenters. The van der Waals surface area contributed by atoms with Crippen molar-refractivity contribution in [2.45, 2.75) is 26.5 Å². The van der Waals surface area contributed by atoms with E-state index >= 15 is 0 Å². The maximum Gasteiger partial charge on any atom is 0.124 e. The number of benzene rings is 2. The zero-order valence-corrected chi connectivity index (χ0v) is 13.1. The van der Waals surface area contributed by atoms with E-state index in [0.29, 0.717) is 6.61 Å². The summed E-state index contributed by atoms with van der Waals surface area (Å²) < 4.78 is 7.36. The monoisotopic (exact) mass is 297 g/mol. The summed E-state index contributed by atoms with van der Waals surface area (Å²) in [6.07, 6.45) is 0. The highest BCUT2D eigenvalue weighted by Crippen LogP contribution is 2.29. The molecule has 2 nitrogen and oxygen atoms in total. The third kappa shape index (κ3) is 2.94. The number of nitrogens with two attached hydrogens (primary N) is 1. The van der Waals surface area contributed by atoms with Gasteiger partial charge >= 0.3 is 0 Å². The summed E-state index contributed by atoms with van der Waals surface area (Å²) >= 11 is 1.76. The van der Waals surface area contributed by atoms with Gasteiger partial charge in [-0.25, -0.2) is 0 Å². The number of hydrogen-bond acceptors (Lipinski definition) is 3. The van der Waals surface area contributed by atoms with Gasteiger partial charge in [0.15, 0.2) is 0 Å². The first kappa shape index (κ1) is 14.1. The Morgan fingerprint density at radius 1 is 1.19 bits per heavy atom. The van der Waals surface area contributed by atoms with Crippen molar-refractivity contribution in [3.05, 3.63) is 64.5 Å². The molecule has 0 bridgehead atoms. The zero-order valence-electron chi connectivity index (χ0n) is 12.3. The SMILES string of the molecule is Cc1ccc(C(C)N)c(OCc2csc3ccccc23)c1. The Bertz CT molecular complexity index is 761. The van der Waals surface area contributed by atoms with Gasteiger partial charge in [-0.1, -0.05) is 30.3 Å². The minimum Gasteiger partial charge on any atom is -0.488 e. The fourth-order valence-electron chi connectivity index (χ4n) is 2.44. The molecule has 0 aliphatic carbocycles. The lowest BCUT2D eigenvalue weighted by Gasteiger charge is -2.14. The fraction of sp³-hybridized carbons (Fsp3) is 0.222. The normalized spacial score (nSPS) is 12.5. The Kier molecular flexibility index (Phi) is 3.95. The molecule has 108 valence electrons. The Balaban J connectivity index is 1.86. The third-order valence-electron chi connectivity index (χ3n) is 3.60. The molecule has 0 saturated heterocycles. The maximum atomic E-state index is 6.06. The number of hydrogen-bond donors (Lipinski definition) is 1. The van der Waals surface area contributed by atoms with E-state index in [1.165, 1.54) is 21.2 Å². The Labute approximate surface area is 129 Å². The van der Waals surface area contributed by atoms with E-state index in [2.05, 4.69) is 54.8 Å². The van der Waals surface area contributed by atoms with E-state index in [1.54, 1.807) is 11.3 Å². The third-order valence-corrected chi connectivity index (χ3v) is 4.62. The first-order valence-corrected chi connectivity index (χ1v) is 7.97. The van der Waals surface area contributed by atoms with E-state index in [-0.39, 0.29) is 6.04 Å². The topological polar surface area (TPSA) is 35.2 Å². The lowest BCUT2D eigenvalue weighted by atomic mass is 10.1. The minimum atomic E-state index is -0.0279. The van der Waals surface area contributed by atoms with Crippen molar-refractivity contribution in [3.8, 4) is 5.75 Å². The Morgan fingerprint density at radius 2 is 2.00 bits per heavy atom. The van der Waals surface area contributed by atoms with Gasteiger partial charge in [0.25, 0.3) is 0 Å². The minimum absolute atomic E-state index is 0.0279. The summed E-state index contributed by atoms with van der Waals surface area (Å²) in [6, 6.07) is 14.6. The molecule has 0 aliphatic rings. The summed E-state index contributed by atoms with van der Waals surface area (Å²) in [7, 11) is 0. The quantitative estimate of drug-likeness (QED) is 0.750. The number of fused-ring (bicyclic) bond motifs is 1. The molecule has 3 heteroatoms. The van der Waals surface area contributed by atoms with Crippen LogP contribution in [0.1, 0.15) is 29.7 Å². The molecular weight excluding hydrogens is 278 g/mol. The van der Waals surface area contributed by atoms with Crippen LogP contribution in [0.25, 0.3) is 10.1 Å². The lowest BCUT2D eigenvalue weighted by molar-refractivity contribution is 0.303. The molecule has 1 heterocycles. The molecule has 0 radical (unpaired) electrons. The van der Waals surface area contributed by atoms with Crippen molar-refractivity contribution in [1.29, 1.82) is 0 Å². The van der Waals surface area contributed by atoms with Gasteiger partial charge < -0.3 is 10.5 Å². The second-order valence-electron chi connectivity index (χ2n) is 5.38. The van der Waals surface area contributed by atoms with Gasteiger partial charge in [0, 0.05) is 21.9 Å². The summed E-state index contributed by atoms with van der Waals surface area (Å²) in [6.45, 7) is 4.63. The molecule has 3 aromatic rings. The second kappa shape index (κ2) is 5.88. The van der Waals surface area contributed by atoms with Crippen molar-refractivity contribution in [1.82, 2.24) is 0 Å². The van der Waals surface area contributed by atoms with Crippen LogP contribution in [0.3, 0.4) is 0 Å². The van der Waals surface area contributed by atoms with Crippen LogP contribution in [0.4, 0.5) is 0 Å². The van der Waals surface area contributed by atoms with Gasteiger partial charge in [0.1, 0.15) is 12.4 Å². The Hall–Kier alpha value is -1.84. The molecule has 3 rings (SSSR count). The van der Waals surface area contributed by atoms with Crippen LogP contribution in [-0.2, 0) is 6.61 Å². The van der Waals surface area contributed by atoms with Crippen molar-refractivity contribution in [3.63, 3.8) is 0 Å². The van der Waals surface area contributed by atoms with Crippen molar-refractivity contribution >= 4 is 21.4 Å². The van der Waals surface area contributed by atoms with Crippen molar-refractivity contribution < 1.29 is 4.74 Å². The molecule has 0 spiro atoms. The van der Waals surface area contributed by atoms with Crippen molar-refractivity contribution in [2.75, 3.05) is 0 Å². The van der Waals surface area contributed by atoms with E-state index in [1.807, 2.05) is 6.92 Å². The van der Waals surface area contributed by atoms with Crippen LogP contribution < -0.4 is 10.5 Å². The predicted octanol–water partition coefficient (Wildman–Crippen LogP) is 4.81. The molecule has 21 heavy (non-hydrogen) atoms. The van der Waals surface area contributed by atoms with E-state index in [4.69, 9.17) is 10.5 Å². The summed E-state index contributed by atoms with van der Waals surface area (Å²) in [5.74, 6) is 0.889. The molecule has 0 fully saturated rings. The standard InChI is InChI=1S/C18H19NOS/c1-12-7-8-15(13(2)19)17(9-12)20-10-14-11-21-18-6-4-3-5-16(14)18/h3-9,11,13H,10,19H2,1-2H3. The number of rotatable bonds is 4. The first-order chi connectivity index (χ1) is 10.1. The van der Waals surface area contributed by atoms with Gasteiger partial charge in [-0.2, -0.15) is 0 Å².